The first-order chi connectivity index (χ1) is 7.24. The van der Waals surface area contributed by atoms with Gasteiger partial charge in [0, 0.05) is 0 Å². The quantitative estimate of drug-likeness (QED) is 0.573. The molecule has 0 saturated heterocycles. The number of hydrogen-bond acceptors (Lipinski definition) is 6. The van der Waals surface area contributed by atoms with Crippen LogP contribution in [0.4, 0.5) is 5.13 Å². The Morgan fingerprint density at radius 3 is 3.13 bits per heavy atom. The average Bonchev–Trinajstić information content (AvgIpc) is 2.69. The van der Waals surface area contributed by atoms with E-state index in [4.69, 9.17) is 0 Å². The number of aromatic nitrogens is 2. The first kappa shape index (κ1) is 9.72. The number of carbonyl (C=O) groups excluding carboxylic acids is 1. The van der Waals surface area contributed by atoms with Crippen molar-refractivity contribution in [3.63, 3.8) is 0 Å². The molecule has 2 aromatic rings. The molecule has 6 heteroatoms. The van der Waals surface area contributed by atoms with Gasteiger partial charge in [-0.3, -0.25) is 0 Å². The van der Waals surface area contributed by atoms with Crippen molar-refractivity contribution >= 4 is 39.4 Å². The molecule has 0 N–H and O–H groups in total. The van der Waals surface area contributed by atoms with Crippen molar-refractivity contribution in [3.8, 4) is 0 Å². The summed E-state index contributed by atoms with van der Waals surface area (Å²) in [5.74, 6) is -0.460. The van der Waals surface area contributed by atoms with Gasteiger partial charge in [0.05, 0.1) is 18.0 Å². The van der Waals surface area contributed by atoms with Gasteiger partial charge in [0.2, 0.25) is 5.13 Å². The number of methoxy groups -OCH3 is 1. The predicted octanol–water partition coefficient (Wildman–Crippen LogP) is 1.81. The third kappa shape index (κ3) is 1.71. The highest BCUT2D eigenvalue weighted by atomic mass is 32.1. The lowest BCUT2D eigenvalue weighted by Gasteiger charge is -1.96. The van der Waals surface area contributed by atoms with Gasteiger partial charge >= 0.3 is 5.97 Å². The summed E-state index contributed by atoms with van der Waals surface area (Å²) in [6.07, 6.45) is 1.52. The van der Waals surface area contributed by atoms with Crippen LogP contribution >= 0.6 is 11.3 Å². The lowest BCUT2D eigenvalue weighted by atomic mass is 10.3. The maximum absolute atomic E-state index is 11.2. The zero-order valence-electron chi connectivity index (χ0n) is 7.93. The van der Waals surface area contributed by atoms with Crippen LogP contribution < -0.4 is 0 Å². The fourth-order valence-corrected chi connectivity index (χ4v) is 1.88. The topological polar surface area (TPSA) is 64.4 Å². The van der Waals surface area contributed by atoms with E-state index in [1.54, 1.807) is 6.07 Å². The molecule has 2 rings (SSSR count). The maximum atomic E-state index is 11.2. The molecule has 2 heterocycles. The number of pyridine rings is 1. The number of nitrogens with zero attached hydrogens (tertiary/aromatic N) is 3. The van der Waals surface area contributed by atoms with Crippen molar-refractivity contribution in [2.45, 2.75) is 0 Å². The van der Waals surface area contributed by atoms with Crippen LogP contribution in [0.2, 0.25) is 0 Å². The van der Waals surface area contributed by atoms with Crippen LogP contribution in [0.1, 0.15) is 10.5 Å². The Labute approximate surface area is 89.5 Å². The molecule has 5 nitrogen and oxygen atoms in total. The monoisotopic (exact) mass is 221 g/mol. The SMILES string of the molecule is C=Nc1nc2cnc(C(=O)OC)cc2s1. The highest BCUT2D eigenvalue weighted by molar-refractivity contribution is 7.22. The van der Waals surface area contributed by atoms with Crippen LogP contribution in [0.15, 0.2) is 17.3 Å². The Hall–Kier alpha value is -1.82. The molecule has 0 unspecified atom stereocenters. The van der Waals surface area contributed by atoms with E-state index in [0.717, 1.165) is 4.70 Å². The van der Waals surface area contributed by atoms with Gasteiger partial charge in [-0.1, -0.05) is 11.3 Å². The smallest absolute Gasteiger partial charge is 0.356 e. The van der Waals surface area contributed by atoms with E-state index in [-0.39, 0.29) is 5.69 Å². The maximum Gasteiger partial charge on any atom is 0.356 e. The minimum Gasteiger partial charge on any atom is -0.464 e. The average molecular weight is 221 g/mol. The minimum absolute atomic E-state index is 0.268. The lowest BCUT2D eigenvalue weighted by Crippen LogP contribution is -2.03. The number of ether oxygens (including phenoxy) is 1. The van der Waals surface area contributed by atoms with Gasteiger partial charge in [-0.25, -0.2) is 19.8 Å². The number of hydrogen-bond donors (Lipinski definition) is 0. The molecule has 15 heavy (non-hydrogen) atoms. The molecule has 0 aliphatic heterocycles. The molecular weight excluding hydrogens is 214 g/mol. The van der Waals surface area contributed by atoms with E-state index in [1.165, 1.54) is 24.6 Å². The molecule has 76 valence electrons. The van der Waals surface area contributed by atoms with Crippen LogP contribution in [-0.4, -0.2) is 29.8 Å². The third-order valence-electron chi connectivity index (χ3n) is 1.79. The van der Waals surface area contributed by atoms with E-state index in [2.05, 4.69) is 26.4 Å². The van der Waals surface area contributed by atoms with Gasteiger partial charge < -0.3 is 4.74 Å². The number of aliphatic imine (C=N–C) groups is 1. The molecular formula is C9H7N3O2S. The Morgan fingerprint density at radius 2 is 2.47 bits per heavy atom. The zero-order chi connectivity index (χ0) is 10.8. The van der Waals surface area contributed by atoms with Crippen molar-refractivity contribution in [2.75, 3.05) is 7.11 Å². The van der Waals surface area contributed by atoms with Crippen LogP contribution in [0.5, 0.6) is 0 Å². The van der Waals surface area contributed by atoms with Crippen molar-refractivity contribution in [3.05, 3.63) is 18.0 Å². The van der Waals surface area contributed by atoms with Crippen molar-refractivity contribution in [1.82, 2.24) is 9.97 Å². The predicted molar refractivity (Wildman–Crippen MR) is 58.0 cm³/mol. The second kappa shape index (κ2) is 3.74. The molecule has 0 aromatic carbocycles. The molecule has 2 aromatic heterocycles. The summed E-state index contributed by atoms with van der Waals surface area (Å²) in [4.78, 5) is 23.0. The van der Waals surface area contributed by atoms with Crippen LogP contribution in [-0.2, 0) is 4.74 Å². The molecule has 0 radical (unpaired) electrons. The summed E-state index contributed by atoms with van der Waals surface area (Å²) in [5.41, 5.74) is 0.972. The third-order valence-corrected chi connectivity index (χ3v) is 2.74. The number of carbonyl (C=O) groups is 1. The largest absolute Gasteiger partial charge is 0.464 e. The van der Waals surface area contributed by atoms with E-state index < -0.39 is 5.97 Å². The minimum atomic E-state index is -0.460. The summed E-state index contributed by atoms with van der Waals surface area (Å²) in [7, 11) is 1.32. The van der Waals surface area contributed by atoms with Gasteiger partial charge in [-0.05, 0) is 12.8 Å². The zero-order valence-corrected chi connectivity index (χ0v) is 8.74. The molecule has 0 aliphatic carbocycles. The first-order valence-electron chi connectivity index (χ1n) is 4.06. The molecule has 0 atom stereocenters. The van der Waals surface area contributed by atoms with Gasteiger partial charge in [0.25, 0.3) is 0 Å². The molecule has 0 amide bonds. The Kier molecular flexibility index (Phi) is 2.42. The highest BCUT2D eigenvalue weighted by Gasteiger charge is 2.10. The Bertz CT molecular complexity index is 535. The summed E-state index contributed by atoms with van der Waals surface area (Å²) >= 11 is 1.35. The molecule has 0 fully saturated rings. The van der Waals surface area contributed by atoms with Crippen LogP contribution in [0, 0.1) is 0 Å². The lowest BCUT2D eigenvalue weighted by molar-refractivity contribution is 0.0594. The first-order valence-corrected chi connectivity index (χ1v) is 4.88. The Balaban J connectivity index is 2.55. The second-order valence-corrected chi connectivity index (χ2v) is 3.69. The second-order valence-electron chi connectivity index (χ2n) is 2.68. The molecule has 0 spiro atoms. The summed E-state index contributed by atoms with van der Waals surface area (Å²) in [6, 6.07) is 1.63. The fraction of sp³-hybridized carbons (Fsp3) is 0.111. The number of rotatable bonds is 2. The normalized spacial score (nSPS) is 10.2. The van der Waals surface area contributed by atoms with Crippen molar-refractivity contribution in [1.29, 1.82) is 0 Å². The summed E-state index contributed by atoms with van der Waals surface area (Å²) in [5, 5.41) is 0.564. The van der Waals surface area contributed by atoms with Crippen molar-refractivity contribution < 1.29 is 9.53 Å². The molecule has 0 bridgehead atoms. The van der Waals surface area contributed by atoms with Gasteiger partial charge in [-0.2, -0.15) is 0 Å². The van der Waals surface area contributed by atoms with E-state index in [0.29, 0.717) is 10.6 Å². The van der Waals surface area contributed by atoms with Crippen LogP contribution in [0.3, 0.4) is 0 Å². The molecule has 0 saturated carbocycles. The van der Waals surface area contributed by atoms with Crippen LogP contribution in [0.25, 0.3) is 10.2 Å². The molecule has 0 aliphatic rings. The standard InChI is InChI=1S/C9H7N3O2S/c1-10-9-12-6-4-11-5(8(13)14-2)3-7(6)15-9/h3-4H,1H2,2H3. The van der Waals surface area contributed by atoms with E-state index in [1.807, 2.05) is 0 Å². The van der Waals surface area contributed by atoms with E-state index >= 15 is 0 Å². The number of esters is 1. The number of thiazole rings is 1. The van der Waals surface area contributed by atoms with E-state index in [9.17, 15) is 4.79 Å². The summed E-state index contributed by atoms with van der Waals surface area (Å²) < 4.78 is 5.41. The van der Waals surface area contributed by atoms with Gasteiger partial charge in [-0.15, -0.1) is 0 Å². The summed E-state index contributed by atoms with van der Waals surface area (Å²) in [6.45, 7) is 3.39. The number of fused-ring (bicyclic) bond motifs is 1. The van der Waals surface area contributed by atoms with Gasteiger partial charge in [0.1, 0.15) is 11.2 Å². The van der Waals surface area contributed by atoms with Gasteiger partial charge in [0.15, 0.2) is 0 Å². The Morgan fingerprint density at radius 1 is 1.67 bits per heavy atom. The highest BCUT2D eigenvalue weighted by Crippen LogP contribution is 2.27. The van der Waals surface area contributed by atoms with Crippen molar-refractivity contribution in [2.24, 2.45) is 4.99 Å². The fourth-order valence-electron chi connectivity index (χ4n) is 1.10.